The van der Waals surface area contributed by atoms with Crippen molar-refractivity contribution in [2.45, 2.75) is 38.5 Å². The first-order chi connectivity index (χ1) is 8.81. The Bertz CT molecular complexity index is 415. The van der Waals surface area contributed by atoms with Crippen LogP contribution in [0.5, 0.6) is 11.5 Å². The molecule has 0 amide bonds. The van der Waals surface area contributed by atoms with Crippen LogP contribution in [-0.4, -0.2) is 20.8 Å². The molecule has 1 aliphatic rings. The van der Waals surface area contributed by atoms with Crippen molar-refractivity contribution >= 4 is 0 Å². The van der Waals surface area contributed by atoms with E-state index < -0.39 is 0 Å². The number of fused-ring (bicyclic) bond motifs is 1. The third kappa shape index (κ3) is 2.46. The van der Waals surface area contributed by atoms with Crippen LogP contribution in [0.2, 0.25) is 0 Å². The summed E-state index contributed by atoms with van der Waals surface area (Å²) in [6.45, 7) is 0.711. The van der Waals surface area contributed by atoms with E-state index in [9.17, 15) is 0 Å². The second-order valence-electron chi connectivity index (χ2n) is 4.83. The van der Waals surface area contributed by atoms with Gasteiger partial charge in [-0.1, -0.05) is 0 Å². The summed E-state index contributed by atoms with van der Waals surface area (Å²) in [4.78, 5) is 0. The maximum absolute atomic E-state index is 5.64. The number of ether oxygens (including phenoxy) is 2. The molecule has 100 valence electrons. The van der Waals surface area contributed by atoms with Crippen molar-refractivity contribution in [2.24, 2.45) is 5.73 Å². The summed E-state index contributed by atoms with van der Waals surface area (Å²) < 4.78 is 11.2. The molecule has 1 aromatic carbocycles. The van der Waals surface area contributed by atoms with Crippen molar-refractivity contribution in [2.75, 3.05) is 20.8 Å². The Kier molecular flexibility index (Phi) is 4.48. The predicted octanol–water partition coefficient (Wildman–Crippen LogP) is 2.47. The van der Waals surface area contributed by atoms with Gasteiger partial charge in [-0.2, -0.15) is 0 Å². The lowest BCUT2D eigenvalue weighted by molar-refractivity contribution is 0.385. The monoisotopic (exact) mass is 249 g/mol. The number of hydrogen-bond donors (Lipinski definition) is 1. The van der Waals surface area contributed by atoms with Crippen LogP contribution >= 0.6 is 0 Å². The van der Waals surface area contributed by atoms with Gasteiger partial charge in [-0.05, 0) is 56.7 Å². The van der Waals surface area contributed by atoms with Gasteiger partial charge in [-0.25, -0.2) is 0 Å². The summed E-state index contributed by atoms with van der Waals surface area (Å²) in [7, 11) is 3.52. The molecule has 0 aromatic heterocycles. The van der Waals surface area contributed by atoms with E-state index in [1.807, 2.05) is 0 Å². The summed E-state index contributed by atoms with van der Waals surface area (Å²) >= 11 is 0. The molecule has 0 saturated heterocycles. The van der Waals surface area contributed by atoms with E-state index in [1.54, 1.807) is 14.2 Å². The molecule has 2 N–H and O–H groups in total. The SMILES string of the molecule is COc1cc(CCCN)c(OC)c2c1CCCC2. The third-order valence-electron chi connectivity index (χ3n) is 3.71. The molecule has 3 heteroatoms. The van der Waals surface area contributed by atoms with E-state index >= 15 is 0 Å². The highest BCUT2D eigenvalue weighted by Gasteiger charge is 2.21. The summed E-state index contributed by atoms with van der Waals surface area (Å²) in [5.41, 5.74) is 9.54. The minimum Gasteiger partial charge on any atom is -0.496 e. The van der Waals surface area contributed by atoms with Crippen LogP contribution in [0.25, 0.3) is 0 Å². The first kappa shape index (κ1) is 13.2. The van der Waals surface area contributed by atoms with Gasteiger partial charge in [0.25, 0.3) is 0 Å². The maximum atomic E-state index is 5.64. The molecule has 0 atom stereocenters. The summed E-state index contributed by atoms with van der Waals surface area (Å²) in [6.07, 6.45) is 6.64. The van der Waals surface area contributed by atoms with Crippen LogP contribution in [-0.2, 0) is 19.3 Å². The Morgan fingerprint density at radius 3 is 2.44 bits per heavy atom. The highest BCUT2D eigenvalue weighted by molar-refractivity contribution is 5.54. The van der Waals surface area contributed by atoms with Gasteiger partial charge >= 0.3 is 0 Å². The van der Waals surface area contributed by atoms with Crippen LogP contribution in [0.15, 0.2) is 6.07 Å². The average Bonchev–Trinajstić information content (AvgIpc) is 2.43. The lowest BCUT2D eigenvalue weighted by Crippen LogP contribution is -2.10. The molecule has 0 unspecified atom stereocenters. The first-order valence-electron chi connectivity index (χ1n) is 6.77. The molecule has 2 rings (SSSR count). The average molecular weight is 249 g/mol. The van der Waals surface area contributed by atoms with E-state index in [0.29, 0.717) is 6.54 Å². The Morgan fingerprint density at radius 1 is 1.11 bits per heavy atom. The fraction of sp³-hybridized carbons (Fsp3) is 0.600. The van der Waals surface area contributed by atoms with Gasteiger partial charge in [-0.3, -0.25) is 0 Å². The number of aryl methyl sites for hydroxylation is 1. The zero-order valence-corrected chi connectivity index (χ0v) is 11.4. The van der Waals surface area contributed by atoms with Crippen LogP contribution < -0.4 is 15.2 Å². The standard InChI is InChI=1S/C15H23NO2/c1-17-14-10-11(6-5-9-16)15(18-2)13-8-4-3-7-12(13)14/h10H,3-9,16H2,1-2H3. The fourth-order valence-electron chi connectivity index (χ4n) is 2.85. The second-order valence-corrected chi connectivity index (χ2v) is 4.83. The van der Waals surface area contributed by atoms with E-state index in [1.165, 1.54) is 29.5 Å². The molecule has 1 aliphatic carbocycles. The molecule has 18 heavy (non-hydrogen) atoms. The maximum Gasteiger partial charge on any atom is 0.125 e. The van der Waals surface area contributed by atoms with Gasteiger partial charge in [-0.15, -0.1) is 0 Å². The highest BCUT2D eigenvalue weighted by atomic mass is 16.5. The highest BCUT2D eigenvalue weighted by Crippen LogP contribution is 2.39. The zero-order chi connectivity index (χ0) is 13.0. The smallest absolute Gasteiger partial charge is 0.125 e. The topological polar surface area (TPSA) is 44.5 Å². The molecular formula is C15H23NO2. The van der Waals surface area contributed by atoms with Crippen LogP contribution in [0, 0.1) is 0 Å². The molecule has 0 radical (unpaired) electrons. The van der Waals surface area contributed by atoms with Crippen molar-refractivity contribution in [1.82, 2.24) is 0 Å². The second kappa shape index (κ2) is 6.10. The van der Waals surface area contributed by atoms with E-state index in [4.69, 9.17) is 15.2 Å². The van der Waals surface area contributed by atoms with Gasteiger partial charge in [0.05, 0.1) is 14.2 Å². The summed E-state index contributed by atoms with van der Waals surface area (Å²) in [6, 6.07) is 2.14. The normalized spacial score (nSPS) is 14.2. The minimum absolute atomic E-state index is 0.711. The Hall–Kier alpha value is -1.22. The molecule has 0 spiro atoms. The van der Waals surface area contributed by atoms with E-state index in [-0.39, 0.29) is 0 Å². The lowest BCUT2D eigenvalue weighted by Gasteiger charge is -2.23. The van der Waals surface area contributed by atoms with Crippen molar-refractivity contribution in [3.63, 3.8) is 0 Å². The largest absolute Gasteiger partial charge is 0.496 e. The molecular weight excluding hydrogens is 226 g/mol. The van der Waals surface area contributed by atoms with Crippen molar-refractivity contribution in [3.05, 3.63) is 22.8 Å². The molecule has 3 nitrogen and oxygen atoms in total. The lowest BCUT2D eigenvalue weighted by atomic mass is 9.87. The Morgan fingerprint density at radius 2 is 1.83 bits per heavy atom. The minimum atomic E-state index is 0.711. The van der Waals surface area contributed by atoms with Crippen molar-refractivity contribution < 1.29 is 9.47 Å². The Labute approximate surface area is 109 Å². The molecule has 0 bridgehead atoms. The molecule has 0 saturated carbocycles. The molecule has 0 fully saturated rings. The van der Waals surface area contributed by atoms with Gasteiger partial charge in [0.2, 0.25) is 0 Å². The number of rotatable bonds is 5. The Balaban J connectivity index is 2.46. The van der Waals surface area contributed by atoms with E-state index in [0.717, 1.165) is 37.2 Å². The van der Waals surface area contributed by atoms with Gasteiger partial charge in [0, 0.05) is 11.1 Å². The number of nitrogens with two attached hydrogens (primary N) is 1. The fourth-order valence-corrected chi connectivity index (χ4v) is 2.85. The first-order valence-corrected chi connectivity index (χ1v) is 6.77. The summed E-state index contributed by atoms with van der Waals surface area (Å²) in [5, 5.41) is 0. The van der Waals surface area contributed by atoms with Crippen LogP contribution in [0.3, 0.4) is 0 Å². The molecule has 0 aliphatic heterocycles. The number of benzene rings is 1. The van der Waals surface area contributed by atoms with Gasteiger partial charge in [0.15, 0.2) is 0 Å². The van der Waals surface area contributed by atoms with Crippen molar-refractivity contribution in [3.8, 4) is 11.5 Å². The number of hydrogen-bond acceptors (Lipinski definition) is 3. The number of methoxy groups -OCH3 is 2. The van der Waals surface area contributed by atoms with Crippen LogP contribution in [0.4, 0.5) is 0 Å². The van der Waals surface area contributed by atoms with Gasteiger partial charge < -0.3 is 15.2 Å². The van der Waals surface area contributed by atoms with Gasteiger partial charge in [0.1, 0.15) is 11.5 Å². The predicted molar refractivity (Wildman–Crippen MR) is 73.6 cm³/mol. The van der Waals surface area contributed by atoms with Crippen LogP contribution in [0.1, 0.15) is 36.0 Å². The molecule has 1 aromatic rings. The van der Waals surface area contributed by atoms with Crippen molar-refractivity contribution in [1.29, 1.82) is 0 Å². The third-order valence-corrected chi connectivity index (χ3v) is 3.71. The zero-order valence-electron chi connectivity index (χ0n) is 11.4. The quantitative estimate of drug-likeness (QED) is 0.872. The van der Waals surface area contributed by atoms with E-state index in [2.05, 4.69) is 6.07 Å². The molecule has 0 heterocycles. The summed E-state index contributed by atoms with van der Waals surface area (Å²) in [5.74, 6) is 2.09.